The molecule has 2 atom stereocenters. The number of hydrogen-bond donors (Lipinski definition) is 1. The normalized spacial score (nSPS) is 29.4. The van der Waals surface area contributed by atoms with Crippen LogP contribution in [0.15, 0.2) is 12.4 Å². The molecule has 9 heteroatoms. The van der Waals surface area contributed by atoms with Gasteiger partial charge in [-0.05, 0) is 18.4 Å². The van der Waals surface area contributed by atoms with Crippen LogP contribution in [0.1, 0.15) is 43.6 Å². The summed E-state index contributed by atoms with van der Waals surface area (Å²) in [4.78, 5) is 15.1. The first-order valence-corrected chi connectivity index (χ1v) is 11.3. The molecule has 2 aliphatic heterocycles. The molecule has 0 aromatic carbocycles. The molecule has 0 unspecified atom stereocenters. The van der Waals surface area contributed by atoms with Gasteiger partial charge in [0.25, 0.3) is 0 Å². The van der Waals surface area contributed by atoms with Crippen LogP contribution in [0.25, 0.3) is 0 Å². The lowest BCUT2D eigenvalue weighted by Crippen LogP contribution is -2.59. The van der Waals surface area contributed by atoms with Crippen LogP contribution in [0.3, 0.4) is 0 Å². The number of aryl methyl sites for hydroxylation is 1. The van der Waals surface area contributed by atoms with Crippen molar-refractivity contribution in [2.24, 2.45) is 13.0 Å². The summed E-state index contributed by atoms with van der Waals surface area (Å²) in [5.41, 5.74) is 1.08. The van der Waals surface area contributed by atoms with Gasteiger partial charge in [0.05, 0.1) is 22.6 Å². The molecule has 27 heavy (non-hydrogen) atoms. The lowest BCUT2D eigenvalue weighted by molar-refractivity contribution is -0.136. The van der Waals surface area contributed by atoms with Crippen molar-refractivity contribution in [3.63, 3.8) is 0 Å². The molecule has 3 fully saturated rings. The molecule has 1 saturated carbocycles. The molecule has 7 nitrogen and oxygen atoms in total. The Kier molecular flexibility index (Phi) is 5.89. The van der Waals surface area contributed by atoms with Gasteiger partial charge < -0.3 is 10.2 Å². The number of rotatable bonds is 2. The second kappa shape index (κ2) is 7.72. The summed E-state index contributed by atoms with van der Waals surface area (Å²) in [6, 6.07) is 0. The number of carbonyl (C=O) groups is 1. The third kappa shape index (κ3) is 3.63. The van der Waals surface area contributed by atoms with E-state index < -0.39 is 14.6 Å². The second-order valence-electron chi connectivity index (χ2n) is 8.14. The summed E-state index contributed by atoms with van der Waals surface area (Å²) < 4.78 is 26.6. The van der Waals surface area contributed by atoms with Gasteiger partial charge in [-0.25, -0.2) is 8.42 Å². The Labute approximate surface area is 167 Å². The SMILES string of the molecule is Cl.Cn1cc([C@H]2CNC[C@@H]2C(=O)N2CCS(=O)(=O)C3(CCCCC3)C2)cn1. The predicted octanol–water partition coefficient (Wildman–Crippen LogP) is 1.10. The highest BCUT2D eigenvalue weighted by molar-refractivity contribution is 7.92. The van der Waals surface area contributed by atoms with E-state index in [1.165, 1.54) is 0 Å². The van der Waals surface area contributed by atoms with Gasteiger partial charge in [0.1, 0.15) is 0 Å². The Bertz CT molecular complexity index is 788. The Morgan fingerprint density at radius 2 is 2.00 bits per heavy atom. The van der Waals surface area contributed by atoms with Gasteiger partial charge in [-0.3, -0.25) is 9.48 Å². The first-order valence-electron chi connectivity index (χ1n) is 9.62. The molecule has 1 aromatic rings. The highest BCUT2D eigenvalue weighted by atomic mass is 35.5. The van der Waals surface area contributed by atoms with Crippen LogP contribution in [-0.2, 0) is 21.7 Å². The summed E-state index contributed by atoms with van der Waals surface area (Å²) in [6.07, 6.45) is 8.21. The van der Waals surface area contributed by atoms with Gasteiger partial charge in [-0.15, -0.1) is 12.4 Å². The molecule has 0 bridgehead atoms. The number of aromatic nitrogens is 2. The van der Waals surface area contributed by atoms with Crippen molar-refractivity contribution in [2.75, 3.05) is 31.9 Å². The molecule has 3 aliphatic rings. The van der Waals surface area contributed by atoms with Crippen molar-refractivity contribution >= 4 is 28.2 Å². The molecule has 1 spiro atoms. The van der Waals surface area contributed by atoms with Crippen LogP contribution in [0.5, 0.6) is 0 Å². The van der Waals surface area contributed by atoms with E-state index in [-0.39, 0.29) is 35.9 Å². The predicted molar refractivity (Wildman–Crippen MR) is 106 cm³/mol. The number of halogens is 1. The minimum atomic E-state index is -3.12. The third-order valence-corrected chi connectivity index (χ3v) is 9.11. The number of nitrogens with zero attached hydrogens (tertiary/aromatic N) is 3. The van der Waals surface area contributed by atoms with Crippen molar-refractivity contribution in [2.45, 2.75) is 42.8 Å². The Morgan fingerprint density at radius 1 is 1.26 bits per heavy atom. The molecule has 1 aromatic heterocycles. The van der Waals surface area contributed by atoms with Crippen LogP contribution in [0.2, 0.25) is 0 Å². The molecule has 0 radical (unpaired) electrons. The quantitative estimate of drug-likeness (QED) is 0.780. The number of sulfone groups is 1. The average Bonchev–Trinajstić information content (AvgIpc) is 3.26. The van der Waals surface area contributed by atoms with Gasteiger partial charge >= 0.3 is 0 Å². The van der Waals surface area contributed by atoms with Crippen molar-refractivity contribution in [1.29, 1.82) is 0 Å². The Hall–Kier alpha value is -1.12. The maximum Gasteiger partial charge on any atom is 0.227 e. The Balaban J connectivity index is 0.00000210. The summed E-state index contributed by atoms with van der Waals surface area (Å²) in [7, 11) is -1.24. The minimum absolute atomic E-state index is 0. The van der Waals surface area contributed by atoms with Crippen molar-refractivity contribution in [3.05, 3.63) is 18.0 Å². The first kappa shape index (κ1) is 20.6. The molecular weight excluding hydrogens is 388 g/mol. The van der Waals surface area contributed by atoms with Crippen molar-refractivity contribution in [1.82, 2.24) is 20.0 Å². The molecule has 4 rings (SSSR count). The average molecular weight is 417 g/mol. The third-order valence-electron chi connectivity index (χ3n) is 6.53. The van der Waals surface area contributed by atoms with Crippen LogP contribution >= 0.6 is 12.4 Å². The van der Waals surface area contributed by atoms with E-state index >= 15 is 0 Å². The van der Waals surface area contributed by atoms with Gasteiger partial charge in [-0.1, -0.05) is 19.3 Å². The van der Waals surface area contributed by atoms with Crippen molar-refractivity contribution < 1.29 is 13.2 Å². The standard InChI is InChI=1S/C18H28N4O3S.ClH/c1-21-12-14(9-20-21)15-10-19-11-16(15)17(23)22-7-8-26(24,25)18(13-22)5-3-2-4-6-18;/h9,12,15-16,19H,2-8,10-11,13H2,1H3;1H/t15-,16+;/m1./s1. The van der Waals surface area contributed by atoms with Gasteiger partial charge in [0.2, 0.25) is 5.91 Å². The van der Waals surface area contributed by atoms with Crippen molar-refractivity contribution in [3.8, 4) is 0 Å². The first-order chi connectivity index (χ1) is 12.4. The number of nitrogens with one attached hydrogen (secondary N) is 1. The fourth-order valence-corrected chi connectivity index (χ4v) is 7.14. The zero-order valence-corrected chi connectivity index (χ0v) is 17.4. The second-order valence-corrected chi connectivity index (χ2v) is 10.6. The smallest absolute Gasteiger partial charge is 0.227 e. The van der Waals surface area contributed by atoms with Gasteiger partial charge in [0, 0.05) is 45.3 Å². The van der Waals surface area contributed by atoms with Gasteiger partial charge in [0.15, 0.2) is 9.84 Å². The highest BCUT2D eigenvalue weighted by Crippen LogP contribution is 2.40. The molecule has 1 amide bonds. The molecule has 152 valence electrons. The number of amides is 1. The van der Waals surface area contributed by atoms with E-state index in [9.17, 15) is 13.2 Å². The lowest BCUT2D eigenvalue weighted by Gasteiger charge is -2.45. The Morgan fingerprint density at radius 3 is 2.67 bits per heavy atom. The monoisotopic (exact) mass is 416 g/mol. The number of carbonyl (C=O) groups excluding carboxylic acids is 1. The topological polar surface area (TPSA) is 84.3 Å². The molecule has 3 heterocycles. The maximum atomic E-state index is 13.3. The van der Waals surface area contributed by atoms with E-state index in [1.54, 1.807) is 4.68 Å². The summed E-state index contributed by atoms with van der Waals surface area (Å²) in [6.45, 7) is 2.12. The fourth-order valence-electron chi connectivity index (χ4n) is 4.98. The zero-order valence-electron chi connectivity index (χ0n) is 15.8. The summed E-state index contributed by atoms with van der Waals surface area (Å²) in [5.74, 6) is 0.178. The van der Waals surface area contributed by atoms with Crippen LogP contribution < -0.4 is 5.32 Å². The maximum absolute atomic E-state index is 13.3. The fraction of sp³-hybridized carbons (Fsp3) is 0.778. The van der Waals surface area contributed by atoms with Crippen LogP contribution in [0.4, 0.5) is 0 Å². The lowest BCUT2D eigenvalue weighted by atomic mass is 9.86. The molecule has 2 saturated heterocycles. The summed E-state index contributed by atoms with van der Waals surface area (Å²) >= 11 is 0. The highest BCUT2D eigenvalue weighted by Gasteiger charge is 2.50. The zero-order chi connectivity index (χ0) is 18.4. The van der Waals surface area contributed by atoms with E-state index in [0.29, 0.717) is 32.5 Å². The van der Waals surface area contributed by atoms with E-state index in [2.05, 4.69) is 10.4 Å². The molecule has 1 aliphatic carbocycles. The largest absolute Gasteiger partial charge is 0.340 e. The minimum Gasteiger partial charge on any atom is -0.340 e. The van der Waals surface area contributed by atoms with E-state index in [0.717, 1.165) is 31.4 Å². The van der Waals surface area contributed by atoms with E-state index in [1.807, 2.05) is 24.3 Å². The molecular formula is C18H29ClN4O3S. The van der Waals surface area contributed by atoms with Crippen LogP contribution in [0, 0.1) is 5.92 Å². The van der Waals surface area contributed by atoms with E-state index in [4.69, 9.17) is 0 Å². The molecule has 1 N–H and O–H groups in total. The summed E-state index contributed by atoms with van der Waals surface area (Å²) in [5, 5.41) is 7.57. The number of hydrogen-bond acceptors (Lipinski definition) is 5. The van der Waals surface area contributed by atoms with Crippen LogP contribution in [-0.4, -0.2) is 65.7 Å². The van der Waals surface area contributed by atoms with Gasteiger partial charge in [-0.2, -0.15) is 5.10 Å².